The van der Waals surface area contributed by atoms with Gasteiger partial charge in [0, 0.05) is 22.8 Å². The van der Waals surface area contributed by atoms with E-state index < -0.39 is 34.6 Å². The quantitative estimate of drug-likeness (QED) is 0.320. The number of hydrogen-bond acceptors (Lipinski definition) is 7. The Kier molecular flexibility index (Phi) is 4.18. The Bertz CT molecular complexity index is 1490. The maximum atomic E-state index is 14.7. The summed E-state index contributed by atoms with van der Waals surface area (Å²) in [6.45, 7) is 3.19. The number of hydrogen-bond donors (Lipinski definition) is 2. The number of nitrogens with two attached hydrogens (primary N) is 1. The van der Waals surface area contributed by atoms with E-state index in [0.717, 1.165) is 0 Å². The molecule has 1 aromatic carbocycles. The molecule has 0 aliphatic carbocycles. The highest BCUT2D eigenvalue weighted by molar-refractivity contribution is 7.91. The number of fused-ring (bicyclic) bond motifs is 5. The van der Waals surface area contributed by atoms with E-state index in [1.807, 2.05) is 0 Å². The number of aromatic nitrogens is 2. The SMILES string of the molecule is CC[C@@]1(O)C(=O)OCc2c1cc1n(c2=O)Cc2c-1nc1cc(F)c(C)c3c1c2C(N)C[S+]3[O-]. The van der Waals surface area contributed by atoms with E-state index >= 15 is 0 Å². The molecule has 0 bridgehead atoms. The molecule has 33 heavy (non-hydrogen) atoms. The molecule has 170 valence electrons. The molecule has 0 saturated carbocycles. The van der Waals surface area contributed by atoms with Gasteiger partial charge in [0.2, 0.25) is 0 Å². The van der Waals surface area contributed by atoms with Gasteiger partial charge in [-0.15, -0.1) is 0 Å². The van der Waals surface area contributed by atoms with Crippen molar-refractivity contribution in [1.82, 2.24) is 9.55 Å². The molecule has 8 nitrogen and oxygen atoms in total. The monoisotopic (exact) mass is 469 g/mol. The second-order valence-electron chi connectivity index (χ2n) is 8.78. The molecular formula is C23H20FN3O5S. The van der Waals surface area contributed by atoms with Crippen molar-refractivity contribution < 1.29 is 23.6 Å². The Morgan fingerprint density at radius 3 is 2.88 bits per heavy atom. The van der Waals surface area contributed by atoms with Crippen molar-refractivity contribution in [2.75, 3.05) is 5.75 Å². The number of ether oxygens (including phenoxy) is 1. The van der Waals surface area contributed by atoms with Crippen LogP contribution in [-0.2, 0) is 39.5 Å². The average Bonchev–Trinajstić information content (AvgIpc) is 3.14. The normalized spacial score (nSPS) is 25.0. The fourth-order valence-electron chi connectivity index (χ4n) is 5.33. The first-order chi connectivity index (χ1) is 15.7. The molecule has 3 aliphatic rings. The van der Waals surface area contributed by atoms with Gasteiger partial charge in [0.05, 0.1) is 40.4 Å². The summed E-state index contributed by atoms with van der Waals surface area (Å²) in [5.74, 6) is -1.17. The molecule has 5 heterocycles. The molecule has 0 amide bonds. The average molecular weight is 469 g/mol. The highest BCUT2D eigenvalue weighted by Gasteiger charge is 2.46. The topological polar surface area (TPSA) is 130 Å². The molecule has 0 radical (unpaired) electrons. The van der Waals surface area contributed by atoms with E-state index in [2.05, 4.69) is 4.98 Å². The van der Waals surface area contributed by atoms with Crippen LogP contribution in [0.3, 0.4) is 0 Å². The molecule has 2 aromatic heterocycles. The maximum absolute atomic E-state index is 14.7. The zero-order valence-electron chi connectivity index (χ0n) is 17.9. The van der Waals surface area contributed by atoms with Gasteiger partial charge >= 0.3 is 5.97 Å². The number of esters is 1. The van der Waals surface area contributed by atoms with Crippen molar-refractivity contribution >= 4 is 28.0 Å². The second kappa shape index (κ2) is 6.63. The van der Waals surface area contributed by atoms with Gasteiger partial charge in [-0.25, -0.2) is 14.2 Å². The standard InChI is InChI=1S/C23H20FN3O5S/c1-3-23(30)12-4-16-19-10(6-27(16)21(28)11(12)7-32-22(23)29)17-14(25)8-33(31)20-9(2)13(24)5-15(26-19)18(17)20/h4-5,14,30H,3,6-8,25H2,1-2H3/t14?,23-,33?/m0/s1. The van der Waals surface area contributed by atoms with Crippen LogP contribution < -0.4 is 11.3 Å². The third-order valence-corrected chi connectivity index (χ3v) is 8.72. The Labute approximate surface area is 190 Å². The van der Waals surface area contributed by atoms with Crippen molar-refractivity contribution in [2.24, 2.45) is 5.73 Å². The number of cyclic esters (lactones) is 1. The van der Waals surface area contributed by atoms with Gasteiger partial charge in [0.1, 0.15) is 18.2 Å². The van der Waals surface area contributed by atoms with Crippen LogP contribution >= 0.6 is 0 Å². The van der Waals surface area contributed by atoms with Gasteiger partial charge in [-0.05, 0) is 36.2 Å². The predicted octanol–water partition coefficient (Wildman–Crippen LogP) is 1.65. The van der Waals surface area contributed by atoms with E-state index in [1.165, 1.54) is 10.6 Å². The highest BCUT2D eigenvalue weighted by atomic mass is 32.2. The number of carbonyl (C=O) groups is 1. The fourth-order valence-corrected chi connectivity index (χ4v) is 6.87. The maximum Gasteiger partial charge on any atom is 0.343 e. The van der Waals surface area contributed by atoms with Crippen LogP contribution in [0.4, 0.5) is 4.39 Å². The third kappa shape index (κ3) is 2.49. The Morgan fingerprint density at radius 2 is 2.15 bits per heavy atom. The molecule has 0 saturated heterocycles. The minimum absolute atomic E-state index is 0.0372. The lowest BCUT2D eigenvalue weighted by Gasteiger charge is -2.31. The summed E-state index contributed by atoms with van der Waals surface area (Å²) >= 11 is -1.47. The molecule has 6 rings (SSSR count). The van der Waals surface area contributed by atoms with Crippen LogP contribution in [-0.4, -0.2) is 30.9 Å². The van der Waals surface area contributed by atoms with Gasteiger partial charge in [-0.3, -0.25) is 4.79 Å². The summed E-state index contributed by atoms with van der Waals surface area (Å²) in [5.41, 5.74) is 7.48. The van der Waals surface area contributed by atoms with Crippen molar-refractivity contribution in [1.29, 1.82) is 0 Å². The number of aliphatic hydroxyl groups is 1. The van der Waals surface area contributed by atoms with Crippen LogP contribution in [0.5, 0.6) is 0 Å². The van der Waals surface area contributed by atoms with Gasteiger partial charge in [0.25, 0.3) is 5.56 Å². The number of benzene rings is 1. The molecule has 0 fully saturated rings. The van der Waals surface area contributed by atoms with Crippen molar-refractivity contribution in [3.8, 4) is 11.4 Å². The molecule has 3 atom stereocenters. The number of halogens is 1. The van der Waals surface area contributed by atoms with E-state index in [9.17, 15) is 23.6 Å². The molecule has 3 N–H and O–H groups in total. The molecule has 3 aliphatic heterocycles. The van der Waals surface area contributed by atoms with E-state index in [1.54, 1.807) is 19.9 Å². The summed E-state index contributed by atoms with van der Waals surface area (Å²) in [7, 11) is 0. The lowest BCUT2D eigenvalue weighted by atomic mass is 9.86. The number of carbonyl (C=O) groups excluding carboxylic acids is 1. The zero-order chi connectivity index (χ0) is 23.4. The minimum Gasteiger partial charge on any atom is -0.611 e. The molecule has 2 unspecified atom stereocenters. The summed E-state index contributed by atoms with van der Waals surface area (Å²) < 4.78 is 34.2. The molecule has 10 heteroatoms. The lowest BCUT2D eigenvalue weighted by Crippen LogP contribution is -2.44. The van der Waals surface area contributed by atoms with Crippen LogP contribution in [0.15, 0.2) is 21.8 Å². The highest BCUT2D eigenvalue weighted by Crippen LogP contribution is 2.45. The fraction of sp³-hybridized carbons (Fsp3) is 0.348. The van der Waals surface area contributed by atoms with Gasteiger partial charge in [0.15, 0.2) is 10.5 Å². The third-order valence-electron chi connectivity index (χ3n) is 7.09. The van der Waals surface area contributed by atoms with Crippen LogP contribution in [0, 0.1) is 12.7 Å². The van der Waals surface area contributed by atoms with E-state index in [-0.39, 0.29) is 42.0 Å². The van der Waals surface area contributed by atoms with Crippen LogP contribution in [0.2, 0.25) is 0 Å². The van der Waals surface area contributed by atoms with Gasteiger partial charge < -0.3 is 24.7 Å². The first-order valence-electron chi connectivity index (χ1n) is 10.6. The summed E-state index contributed by atoms with van der Waals surface area (Å²) in [5, 5.41) is 11.6. The van der Waals surface area contributed by atoms with Crippen molar-refractivity contribution in [2.45, 2.75) is 50.0 Å². The van der Waals surface area contributed by atoms with Crippen molar-refractivity contribution in [3.63, 3.8) is 0 Å². The summed E-state index contributed by atoms with van der Waals surface area (Å²) in [6, 6.07) is 2.34. The first kappa shape index (κ1) is 20.8. The zero-order valence-corrected chi connectivity index (χ0v) is 18.7. The molecule has 3 aromatic rings. The number of pyridine rings is 2. The second-order valence-corrected chi connectivity index (χ2v) is 10.2. The van der Waals surface area contributed by atoms with E-state index in [4.69, 9.17) is 10.5 Å². The van der Waals surface area contributed by atoms with Crippen molar-refractivity contribution in [3.05, 3.63) is 56.1 Å². The molecular weight excluding hydrogens is 449 g/mol. The van der Waals surface area contributed by atoms with Crippen LogP contribution in [0.25, 0.3) is 22.3 Å². The summed E-state index contributed by atoms with van der Waals surface area (Å²) in [6.07, 6.45) is 0.0372. The number of rotatable bonds is 1. The smallest absolute Gasteiger partial charge is 0.343 e. The van der Waals surface area contributed by atoms with Gasteiger partial charge in [-0.1, -0.05) is 6.92 Å². The number of nitrogens with zero attached hydrogens (tertiary/aromatic N) is 2. The van der Waals surface area contributed by atoms with E-state index in [0.29, 0.717) is 43.9 Å². The minimum atomic E-state index is -1.93. The van der Waals surface area contributed by atoms with Crippen LogP contribution in [0.1, 0.15) is 47.2 Å². The first-order valence-corrected chi connectivity index (χ1v) is 12.0. The summed E-state index contributed by atoms with van der Waals surface area (Å²) in [4.78, 5) is 30.8. The Balaban J connectivity index is 1.71. The predicted molar refractivity (Wildman–Crippen MR) is 117 cm³/mol. The molecule has 0 spiro atoms. The Hall–Kier alpha value is -2.79. The largest absolute Gasteiger partial charge is 0.611 e. The lowest BCUT2D eigenvalue weighted by molar-refractivity contribution is -0.172. The Morgan fingerprint density at radius 1 is 1.39 bits per heavy atom. The van der Waals surface area contributed by atoms with Gasteiger partial charge in [-0.2, -0.15) is 0 Å².